The first kappa shape index (κ1) is 16.0. The van der Waals surface area contributed by atoms with Gasteiger partial charge in [0.05, 0.1) is 17.8 Å². The van der Waals surface area contributed by atoms with E-state index >= 15 is 0 Å². The van der Waals surface area contributed by atoms with Gasteiger partial charge in [0, 0.05) is 29.4 Å². The number of carbonyl (C=O) groups is 2. The monoisotopic (exact) mass is 324 g/mol. The highest BCUT2D eigenvalue weighted by atomic mass is 35.5. The molecular weight excluding hydrogens is 311 g/mol. The molecule has 1 saturated heterocycles. The van der Waals surface area contributed by atoms with E-state index in [2.05, 4.69) is 5.32 Å². The quantitative estimate of drug-likeness (QED) is 0.431. The molecule has 1 fully saturated rings. The molecule has 8 heteroatoms. The highest BCUT2D eigenvalue weighted by Gasteiger charge is 2.23. The topological polar surface area (TPSA) is 99.3 Å². The SMILES string of the molecule is N=C(/C(C(N)=O)=C1/CN(C=O)CCN1)c1cc(F)cc(Cl)c1. The second-order valence-corrected chi connectivity index (χ2v) is 5.19. The Kier molecular flexibility index (Phi) is 4.77. The number of nitrogens with two attached hydrogens (primary N) is 1. The maximum absolute atomic E-state index is 13.4. The number of carbonyl (C=O) groups excluding carboxylic acids is 2. The van der Waals surface area contributed by atoms with Gasteiger partial charge in [0.25, 0.3) is 5.91 Å². The second kappa shape index (κ2) is 6.57. The lowest BCUT2D eigenvalue weighted by molar-refractivity contribution is -0.118. The molecule has 1 aromatic carbocycles. The van der Waals surface area contributed by atoms with Crippen LogP contribution in [0, 0.1) is 11.2 Å². The molecule has 0 atom stereocenters. The Morgan fingerprint density at radius 2 is 2.18 bits per heavy atom. The summed E-state index contributed by atoms with van der Waals surface area (Å²) in [4.78, 5) is 24.0. The van der Waals surface area contributed by atoms with Crippen LogP contribution in [0.5, 0.6) is 0 Å². The average Bonchev–Trinajstić information content (AvgIpc) is 2.46. The zero-order valence-electron chi connectivity index (χ0n) is 11.5. The van der Waals surface area contributed by atoms with E-state index < -0.39 is 11.7 Å². The van der Waals surface area contributed by atoms with Gasteiger partial charge in [-0.25, -0.2) is 4.39 Å². The van der Waals surface area contributed by atoms with Crippen LogP contribution in [0.1, 0.15) is 5.56 Å². The van der Waals surface area contributed by atoms with Crippen molar-refractivity contribution in [1.82, 2.24) is 10.2 Å². The van der Waals surface area contributed by atoms with E-state index in [9.17, 15) is 14.0 Å². The van der Waals surface area contributed by atoms with Gasteiger partial charge in [-0.1, -0.05) is 11.6 Å². The molecule has 22 heavy (non-hydrogen) atoms. The molecule has 4 N–H and O–H groups in total. The van der Waals surface area contributed by atoms with Crippen LogP contribution in [0.4, 0.5) is 4.39 Å². The normalized spacial score (nSPS) is 16.7. The van der Waals surface area contributed by atoms with Crippen LogP contribution in [-0.2, 0) is 9.59 Å². The number of amides is 2. The molecule has 0 bridgehead atoms. The number of nitrogens with zero attached hydrogens (tertiary/aromatic N) is 1. The Labute approximate surface area is 131 Å². The molecule has 1 aliphatic heterocycles. The summed E-state index contributed by atoms with van der Waals surface area (Å²) >= 11 is 5.77. The lowest BCUT2D eigenvalue weighted by Crippen LogP contribution is -2.43. The third kappa shape index (κ3) is 3.43. The van der Waals surface area contributed by atoms with E-state index in [1.807, 2.05) is 0 Å². The Balaban J connectivity index is 2.45. The van der Waals surface area contributed by atoms with Crippen LogP contribution in [0.15, 0.2) is 29.5 Å². The molecule has 116 valence electrons. The third-order valence-corrected chi connectivity index (χ3v) is 3.42. The summed E-state index contributed by atoms with van der Waals surface area (Å²) in [6.07, 6.45) is 0.655. The number of primary amides is 1. The summed E-state index contributed by atoms with van der Waals surface area (Å²) in [6.45, 7) is 1.05. The van der Waals surface area contributed by atoms with E-state index in [0.29, 0.717) is 25.2 Å². The third-order valence-electron chi connectivity index (χ3n) is 3.20. The highest BCUT2D eigenvalue weighted by Crippen LogP contribution is 2.19. The van der Waals surface area contributed by atoms with Crippen molar-refractivity contribution < 1.29 is 14.0 Å². The van der Waals surface area contributed by atoms with Crippen LogP contribution < -0.4 is 11.1 Å². The summed E-state index contributed by atoms with van der Waals surface area (Å²) in [7, 11) is 0. The smallest absolute Gasteiger partial charge is 0.252 e. The zero-order chi connectivity index (χ0) is 16.3. The fourth-order valence-electron chi connectivity index (χ4n) is 2.21. The van der Waals surface area contributed by atoms with Crippen molar-refractivity contribution in [3.05, 3.63) is 45.9 Å². The molecule has 1 aliphatic rings. The molecule has 0 spiro atoms. The van der Waals surface area contributed by atoms with E-state index in [0.717, 1.165) is 12.1 Å². The molecule has 1 aromatic rings. The van der Waals surface area contributed by atoms with Gasteiger partial charge in [-0.3, -0.25) is 15.0 Å². The number of halogens is 2. The van der Waals surface area contributed by atoms with Crippen molar-refractivity contribution >= 4 is 29.6 Å². The Morgan fingerprint density at radius 3 is 2.77 bits per heavy atom. The lowest BCUT2D eigenvalue weighted by Gasteiger charge is -2.28. The summed E-state index contributed by atoms with van der Waals surface area (Å²) in [5.74, 6) is -1.45. The van der Waals surface area contributed by atoms with Gasteiger partial charge in [0.15, 0.2) is 0 Å². The van der Waals surface area contributed by atoms with Gasteiger partial charge in [0.2, 0.25) is 6.41 Å². The van der Waals surface area contributed by atoms with Crippen LogP contribution >= 0.6 is 11.6 Å². The van der Waals surface area contributed by atoms with Gasteiger partial charge in [-0.05, 0) is 18.2 Å². The fourth-order valence-corrected chi connectivity index (χ4v) is 2.43. The molecule has 2 amide bonds. The summed E-state index contributed by atoms with van der Waals surface area (Å²) in [6, 6.07) is 3.57. The molecule has 1 heterocycles. The highest BCUT2D eigenvalue weighted by molar-refractivity contribution is 6.32. The fraction of sp³-hybridized carbons (Fsp3) is 0.214. The van der Waals surface area contributed by atoms with Gasteiger partial charge in [-0.2, -0.15) is 0 Å². The van der Waals surface area contributed by atoms with Crippen molar-refractivity contribution in [1.29, 1.82) is 5.41 Å². The number of nitrogens with one attached hydrogen (secondary N) is 2. The first-order valence-electron chi connectivity index (χ1n) is 6.44. The van der Waals surface area contributed by atoms with Gasteiger partial charge in [-0.15, -0.1) is 0 Å². The molecule has 2 rings (SSSR count). The Hall–Kier alpha value is -2.41. The number of hydrogen-bond acceptors (Lipinski definition) is 4. The predicted molar refractivity (Wildman–Crippen MR) is 80.1 cm³/mol. The Morgan fingerprint density at radius 1 is 1.45 bits per heavy atom. The molecular formula is C14H14ClFN4O2. The molecule has 6 nitrogen and oxygen atoms in total. The summed E-state index contributed by atoms with van der Waals surface area (Å²) in [5, 5.41) is 11.2. The van der Waals surface area contributed by atoms with Crippen LogP contribution in [0.2, 0.25) is 5.02 Å². The predicted octanol–water partition coefficient (Wildman–Crippen LogP) is 0.648. The van der Waals surface area contributed by atoms with E-state index in [1.165, 1.54) is 11.0 Å². The van der Waals surface area contributed by atoms with Crippen molar-refractivity contribution in [2.24, 2.45) is 5.73 Å². The van der Waals surface area contributed by atoms with Gasteiger partial charge < -0.3 is 16.0 Å². The molecule has 0 saturated carbocycles. The van der Waals surface area contributed by atoms with Crippen molar-refractivity contribution in [3.8, 4) is 0 Å². The summed E-state index contributed by atoms with van der Waals surface area (Å²) in [5.41, 5.74) is 5.51. The molecule has 0 unspecified atom stereocenters. The van der Waals surface area contributed by atoms with E-state index in [1.54, 1.807) is 0 Å². The maximum Gasteiger partial charge on any atom is 0.252 e. The first-order valence-corrected chi connectivity index (χ1v) is 6.81. The lowest BCUT2D eigenvalue weighted by atomic mass is 9.99. The van der Waals surface area contributed by atoms with Crippen LogP contribution in [-0.4, -0.2) is 42.6 Å². The van der Waals surface area contributed by atoms with Crippen LogP contribution in [0.3, 0.4) is 0 Å². The minimum absolute atomic E-state index is 0.0896. The minimum atomic E-state index is -0.833. The molecule has 0 radical (unpaired) electrons. The van der Waals surface area contributed by atoms with Crippen molar-refractivity contribution in [3.63, 3.8) is 0 Å². The number of benzene rings is 1. The van der Waals surface area contributed by atoms with E-state index in [4.69, 9.17) is 22.7 Å². The first-order chi connectivity index (χ1) is 10.4. The number of rotatable bonds is 4. The average molecular weight is 325 g/mol. The van der Waals surface area contributed by atoms with Crippen LogP contribution in [0.25, 0.3) is 0 Å². The largest absolute Gasteiger partial charge is 0.384 e. The van der Waals surface area contributed by atoms with Crippen molar-refractivity contribution in [2.75, 3.05) is 19.6 Å². The second-order valence-electron chi connectivity index (χ2n) is 4.75. The van der Waals surface area contributed by atoms with Crippen molar-refractivity contribution in [2.45, 2.75) is 0 Å². The number of piperazine rings is 1. The number of hydrogen-bond donors (Lipinski definition) is 3. The minimum Gasteiger partial charge on any atom is -0.384 e. The maximum atomic E-state index is 13.4. The molecule has 0 aromatic heterocycles. The standard InChI is InChI=1S/C14H14ClFN4O2/c15-9-3-8(4-10(16)5-9)13(17)12(14(18)22)11-6-20(7-21)2-1-19-11/h3-5,7,17,19H,1-2,6H2,(H2,18,22)/b12-11+,17-13?. The Bertz CT molecular complexity index is 655. The molecule has 0 aliphatic carbocycles. The zero-order valence-corrected chi connectivity index (χ0v) is 12.3. The summed E-state index contributed by atoms with van der Waals surface area (Å²) < 4.78 is 13.4. The van der Waals surface area contributed by atoms with Gasteiger partial charge >= 0.3 is 0 Å². The van der Waals surface area contributed by atoms with Gasteiger partial charge in [0.1, 0.15) is 5.82 Å². The van der Waals surface area contributed by atoms with E-state index in [-0.39, 0.29) is 28.4 Å².